The number of piperazine rings is 1. The molecule has 17 heavy (non-hydrogen) atoms. The third kappa shape index (κ3) is 3.19. The minimum absolute atomic E-state index is 0.204. The van der Waals surface area contributed by atoms with Crippen LogP contribution in [0, 0.1) is 5.92 Å². The lowest BCUT2D eigenvalue weighted by molar-refractivity contribution is 0.0643. The Balaban J connectivity index is 1.97. The fraction of sp³-hybridized carbons (Fsp3) is 1.00. The van der Waals surface area contributed by atoms with Crippen molar-refractivity contribution in [2.24, 2.45) is 5.92 Å². The summed E-state index contributed by atoms with van der Waals surface area (Å²) in [5, 5.41) is 3.77. The van der Waals surface area contributed by atoms with Crippen LogP contribution in [0.1, 0.15) is 46.0 Å². The lowest BCUT2D eigenvalue weighted by Gasteiger charge is -2.46. The minimum Gasteiger partial charge on any atom is -0.308 e. The molecular weight excluding hydrogens is 215 g/mol. The van der Waals surface area contributed by atoms with Crippen molar-refractivity contribution < 1.29 is 4.39 Å². The largest absolute Gasteiger partial charge is 0.308 e. The van der Waals surface area contributed by atoms with Gasteiger partial charge in [-0.3, -0.25) is 4.90 Å². The maximum absolute atomic E-state index is 12.7. The molecule has 1 saturated carbocycles. The molecule has 1 N–H and O–H groups in total. The standard InChI is InChI=1S/C14H27FN2/c1-12(2)9-13-10-16-14(5-3-4-6-14)11-17(13)8-7-15/h12-13,16H,3-11H2,1-2H3. The smallest absolute Gasteiger partial charge is 0.102 e. The zero-order valence-corrected chi connectivity index (χ0v) is 11.3. The van der Waals surface area contributed by atoms with Gasteiger partial charge in [-0.2, -0.15) is 0 Å². The van der Waals surface area contributed by atoms with E-state index in [1.165, 1.54) is 32.1 Å². The number of rotatable bonds is 4. The predicted octanol–water partition coefficient (Wildman–Crippen LogP) is 2.59. The predicted molar refractivity (Wildman–Crippen MR) is 70.0 cm³/mol. The van der Waals surface area contributed by atoms with Gasteiger partial charge >= 0.3 is 0 Å². The number of halogens is 1. The summed E-state index contributed by atoms with van der Waals surface area (Å²) in [6, 6.07) is 0.539. The minimum atomic E-state index is -0.204. The Morgan fingerprint density at radius 3 is 2.65 bits per heavy atom. The molecule has 2 fully saturated rings. The number of nitrogens with one attached hydrogen (secondary N) is 1. The molecule has 1 spiro atoms. The average Bonchev–Trinajstić information content (AvgIpc) is 2.71. The zero-order chi connectivity index (χ0) is 12.3. The summed E-state index contributed by atoms with van der Waals surface area (Å²) in [5.41, 5.74) is 0.322. The second-order valence-corrected chi connectivity index (χ2v) is 6.31. The van der Waals surface area contributed by atoms with E-state index in [-0.39, 0.29) is 6.67 Å². The average molecular weight is 242 g/mol. The van der Waals surface area contributed by atoms with Crippen LogP contribution in [-0.4, -0.2) is 42.8 Å². The van der Waals surface area contributed by atoms with Crippen LogP contribution in [0.3, 0.4) is 0 Å². The molecule has 0 aromatic heterocycles. The first-order valence-corrected chi connectivity index (χ1v) is 7.20. The van der Waals surface area contributed by atoms with Crippen molar-refractivity contribution in [3.63, 3.8) is 0 Å². The molecule has 2 aliphatic rings. The van der Waals surface area contributed by atoms with E-state index in [1.54, 1.807) is 0 Å². The van der Waals surface area contributed by atoms with Gasteiger partial charge in [-0.1, -0.05) is 26.7 Å². The van der Waals surface area contributed by atoms with Crippen molar-refractivity contribution >= 4 is 0 Å². The van der Waals surface area contributed by atoms with Crippen LogP contribution in [0.2, 0.25) is 0 Å². The van der Waals surface area contributed by atoms with E-state index in [2.05, 4.69) is 24.1 Å². The Kier molecular flexibility index (Phi) is 4.42. The summed E-state index contributed by atoms with van der Waals surface area (Å²) >= 11 is 0. The quantitative estimate of drug-likeness (QED) is 0.815. The summed E-state index contributed by atoms with van der Waals surface area (Å²) in [7, 11) is 0. The monoisotopic (exact) mass is 242 g/mol. The van der Waals surface area contributed by atoms with Crippen LogP contribution in [0.15, 0.2) is 0 Å². The van der Waals surface area contributed by atoms with Gasteiger partial charge in [0.1, 0.15) is 6.67 Å². The SMILES string of the molecule is CC(C)CC1CNC2(CCCC2)CN1CCF. The highest BCUT2D eigenvalue weighted by molar-refractivity contribution is 5.01. The summed E-state index contributed by atoms with van der Waals surface area (Å²) in [6.07, 6.45) is 6.42. The van der Waals surface area contributed by atoms with Gasteiger partial charge in [-0.25, -0.2) is 4.39 Å². The molecule has 0 aromatic rings. The molecule has 1 heterocycles. The number of hydrogen-bond donors (Lipinski definition) is 1. The summed E-state index contributed by atoms with van der Waals surface area (Å²) in [4.78, 5) is 2.40. The number of nitrogens with zero attached hydrogens (tertiary/aromatic N) is 1. The molecule has 1 unspecified atom stereocenters. The first kappa shape index (κ1) is 13.3. The molecule has 1 aliphatic heterocycles. The van der Waals surface area contributed by atoms with Crippen molar-refractivity contribution in [3.05, 3.63) is 0 Å². The molecule has 0 bridgehead atoms. The van der Waals surface area contributed by atoms with Crippen LogP contribution in [0.5, 0.6) is 0 Å². The molecule has 1 atom stereocenters. The zero-order valence-electron chi connectivity index (χ0n) is 11.3. The van der Waals surface area contributed by atoms with Crippen LogP contribution in [0.4, 0.5) is 4.39 Å². The first-order chi connectivity index (χ1) is 8.15. The molecule has 1 saturated heterocycles. The Morgan fingerprint density at radius 2 is 2.06 bits per heavy atom. The fourth-order valence-electron chi connectivity index (χ4n) is 3.57. The van der Waals surface area contributed by atoms with Crippen molar-refractivity contribution in [2.45, 2.75) is 57.5 Å². The molecule has 100 valence electrons. The van der Waals surface area contributed by atoms with Crippen molar-refractivity contribution in [2.75, 3.05) is 26.3 Å². The number of alkyl halides is 1. The molecule has 0 amide bonds. The molecule has 2 rings (SSSR count). The summed E-state index contributed by atoms with van der Waals surface area (Å²) < 4.78 is 12.7. The Labute approximate surface area is 105 Å². The van der Waals surface area contributed by atoms with Gasteiger partial charge in [0, 0.05) is 31.2 Å². The van der Waals surface area contributed by atoms with E-state index in [0.29, 0.717) is 24.0 Å². The van der Waals surface area contributed by atoms with E-state index in [9.17, 15) is 4.39 Å². The molecule has 0 aromatic carbocycles. The lowest BCUT2D eigenvalue weighted by Crippen LogP contribution is -2.63. The molecule has 1 aliphatic carbocycles. The maximum atomic E-state index is 12.7. The Hall–Kier alpha value is -0.150. The Bertz CT molecular complexity index is 236. The van der Waals surface area contributed by atoms with E-state index in [4.69, 9.17) is 0 Å². The molecule has 3 heteroatoms. The highest BCUT2D eigenvalue weighted by Crippen LogP contribution is 2.33. The van der Waals surface area contributed by atoms with Crippen LogP contribution < -0.4 is 5.32 Å². The van der Waals surface area contributed by atoms with Crippen LogP contribution >= 0.6 is 0 Å². The second kappa shape index (κ2) is 5.66. The fourth-order valence-corrected chi connectivity index (χ4v) is 3.57. The van der Waals surface area contributed by atoms with Gasteiger partial charge in [-0.15, -0.1) is 0 Å². The van der Waals surface area contributed by atoms with E-state index < -0.39 is 0 Å². The van der Waals surface area contributed by atoms with Gasteiger partial charge < -0.3 is 5.32 Å². The third-order valence-corrected chi connectivity index (χ3v) is 4.41. The normalized spacial score (nSPS) is 29.3. The topological polar surface area (TPSA) is 15.3 Å². The number of hydrogen-bond acceptors (Lipinski definition) is 2. The van der Waals surface area contributed by atoms with Crippen LogP contribution in [0.25, 0.3) is 0 Å². The highest BCUT2D eigenvalue weighted by Gasteiger charge is 2.40. The summed E-state index contributed by atoms with van der Waals surface area (Å²) in [5.74, 6) is 0.696. The van der Waals surface area contributed by atoms with Gasteiger partial charge in [0.15, 0.2) is 0 Å². The van der Waals surface area contributed by atoms with Crippen molar-refractivity contribution in [3.8, 4) is 0 Å². The maximum Gasteiger partial charge on any atom is 0.102 e. The molecular formula is C14H27FN2. The van der Waals surface area contributed by atoms with Crippen molar-refractivity contribution in [1.29, 1.82) is 0 Å². The van der Waals surface area contributed by atoms with Crippen molar-refractivity contribution in [1.82, 2.24) is 10.2 Å². The van der Waals surface area contributed by atoms with Gasteiger partial charge in [0.2, 0.25) is 0 Å². The third-order valence-electron chi connectivity index (χ3n) is 4.41. The highest BCUT2D eigenvalue weighted by atomic mass is 19.1. The second-order valence-electron chi connectivity index (χ2n) is 6.31. The molecule has 0 radical (unpaired) electrons. The van der Waals surface area contributed by atoms with Gasteiger partial charge in [0.25, 0.3) is 0 Å². The van der Waals surface area contributed by atoms with Gasteiger partial charge in [0.05, 0.1) is 0 Å². The van der Waals surface area contributed by atoms with Gasteiger partial charge in [-0.05, 0) is 25.2 Å². The van der Waals surface area contributed by atoms with E-state index >= 15 is 0 Å². The van der Waals surface area contributed by atoms with E-state index in [0.717, 1.165) is 13.1 Å². The summed E-state index contributed by atoms with van der Waals surface area (Å²) in [6.45, 7) is 7.05. The molecule has 2 nitrogen and oxygen atoms in total. The Morgan fingerprint density at radius 1 is 1.35 bits per heavy atom. The van der Waals surface area contributed by atoms with E-state index in [1.807, 2.05) is 0 Å². The first-order valence-electron chi connectivity index (χ1n) is 7.20. The lowest BCUT2D eigenvalue weighted by atomic mass is 9.90. The van der Waals surface area contributed by atoms with Crippen LogP contribution in [-0.2, 0) is 0 Å².